The number of aromatic nitrogens is 3. The number of nitrogens with two attached hydrogens (primary N) is 1. The van der Waals surface area contributed by atoms with Crippen LogP contribution in [0.25, 0.3) is 11.0 Å². The van der Waals surface area contributed by atoms with E-state index in [1.807, 2.05) is 13.0 Å². The van der Waals surface area contributed by atoms with E-state index >= 15 is 0 Å². The standard InChI is InChI=1S/C21H26N6O2.ClH/c1-3-27-19(22)11-17(28)15-12-24-21(26-20(15)27)25-16-5-4-14(10-18(16)29-2)13-6-8-23-9-7-13;/h4-5,10-13,23H,3,6-9,22H2,1-2H3,(H,24,25,26);1H. The van der Waals surface area contributed by atoms with Crippen molar-refractivity contribution in [3.63, 3.8) is 0 Å². The molecule has 2 aromatic heterocycles. The number of piperidine rings is 1. The van der Waals surface area contributed by atoms with Crippen molar-refractivity contribution in [2.45, 2.75) is 32.2 Å². The monoisotopic (exact) mass is 430 g/mol. The van der Waals surface area contributed by atoms with Crippen LogP contribution in [0.5, 0.6) is 5.75 Å². The molecular formula is C21H27ClN6O2. The molecule has 3 aromatic rings. The van der Waals surface area contributed by atoms with Gasteiger partial charge in [0.25, 0.3) is 0 Å². The second kappa shape index (κ2) is 9.32. The molecule has 9 heteroatoms. The van der Waals surface area contributed by atoms with Crippen molar-refractivity contribution in [3.8, 4) is 5.75 Å². The second-order valence-electron chi connectivity index (χ2n) is 7.22. The van der Waals surface area contributed by atoms with Gasteiger partial charge in [-0.1, -0.05) is 6.07 Å². The fraction of sp³-hybridized carbons (Fsp3) is 0.381. The average molecular weight is 431 g/mol. The van der Waals surface area contributed by atoms with Crippen LogP contribution in [0.2, 0.25) is 0 Å². The summed E-state index contributed by atoms with van der Waals surface area (Å²) in [4.78, 5) is 21.1. The molecule has 0 aliphatic carbocycles. The van der Waals surface area contributed by atoms with Gasteiger partial charge in [-0.2, -0.15) is 4.98 Å². The first-order chi connectivity index (χ1) is 14.1. The maximum absolute atomic E-state index is 12.2. The van der Waals surface area contributed by atoms with Gasteiger partial charge in [0.15, 0.2) is 11.1 Å². The number of hydrogen-bond donors (Lipinski definition) is 3. The summed E-state index contributed by atoms with van der Waals surface area (Å²) in [5, 5.41) is 7.06. The Morgan fingerprint density at radius 2 is 2.07 bits per heavy atom. The third-order valence-electron chi connectivity index (χ3n) is 5.48. The topological polar surface area (TPSA) is 107 Å². The number of aryl methyl sites for hydroxylation is 1. The number of rotatable bonds is 5. The molecular weight excluding hydrogens is 404 g/mol. The van der Waals surface area contributed by atoms with Crippen LogP contribution in [0, 0.1) is 0 Å². The Balaban J connectivity index is 0.00000256. The zero-order valence-electron chi connectivity index (χ0n) is 17.1. The van der Waals surface area contributed by atoms with Crippen molar-refractivity contribution in [3.05, 3.63) is 46.2 Å². The first kappa shape index (κ1) is 21.9. The Labute approximate surface area is 181 Å². The summed E-state index contributed by atoms with van der Waals surface area (Å²) in [6, 6.07) is 7.61. The summed E-state index contributed by atoms with van der Waals surface area (Å²) in [6.07, 6.45) is 3.79. The third-order valence-corrected chi connectivity index (χ3v) is 5.48. The molecule has 8 nitrogen and oxygen atoms in total. The molecule has 0 atom stereocenters. The van der Waals surface area contributed by atoms with Gasteiger partial charge in [-0.3, -0.25) is 4.79 Å². The van der Waals surface area contributed by atoms with Gasteiger partial charge in [0, 0.05) is 18.8 Å². The predicted octanol–water partition coefficient (Wildman–Crippen LogP) is 3.03. The fourth-order valence-electron chi connectivity index (χ4n) is 3.90. The number of ether oxygens (including phenoxy) is 1. The Morgan fingerprint density at radius 3 is 2.77 bits per heavy atom. The van der Waals surface area contributed by atoms with E-state index in [4.69, 9.17) is 10.5 Å². The third kappa shape index (κ3) is 4.20. The summed E-state index contributed by atoms with van der Waals surface area (Å²) < 4.78 is 7.40. The summed E-state index contributed by atoms with van der Waals surface area (Å²) in [5.74, 6) is 2.06. The molecule has 0 unspecified atom stereocenters. The van der Waals surface area contributed by atoms with Gasteiger partial charge in [-0.25, -0.2) is 4.98 Å². The Bertz CT molecular complexity index is 1090. The van der Waals surface area contributed by atoms with Crippen molar-refractivity contribution in [2.75, 3.05) is 31.2 Å². The Hall–Kier alpha value is -2.84. The van der Waals surface area contributed by atoms with Crippen molar-refractivity contribution < 1.29 is 4.74 Å². The zero-order valence-corrected chi connectivity index (χ0v) is 18.0. The van der Waals surface area contributed by atoms with Crippen molar-refractivity contribution in [1.29, 1.82) is 0 Å². The zero-order chi connectivity index (χ0) is 20.4. The van der Waals surface area contributed by atoms with Gasteiger partial charge in [0.05, 0.1) is 18.2 Å². The highest BCUT2D eigenvalue weighted by molar-refractivity contribution is 5.85. The van der Waals surface area contributed by atoms with Crippen LogP contribution in [-0.4, -0.2) is 34.7 Å². The van der Waals surface area contributed by atoms with E-state index in [-0.39, 0.29) is 17.8 Å². The van der Waals surface area contributed by atoms with Gasteiger partial charge in [-0.15, -0.1) is 12.4 Å². The molecule has 0 spiro atoms. The number of benzene rings is 1. The van der Waals surface area contributed by atoms with Crippen LogP contribution in [-0.2, 0) is 6.54 Å². The number of methoxy groups -OCH3 is 1. The molecule has 0 bridgehead atoms. The van der Waals surface area contributed by atoms with E-state index in [1.165, 1.54) is 17.8 Å². The number of nitrogen functional groups attached to an aromatic ring is 1. The first-order valence-electron chi connectivity index (χ1n) is 9.92. The predicted molar refractivity (Wildman–Crippen MR) is 122 cm³/mol. The van der Waals surface area contributed by atoms with Crippen LogP contribution in [0.3, 0.4) is 0 Å². The number of hydrogen-bond acceptors (Lipinski definition) is 7. The molecule has 1 aliphatic rings. The first-order valence-corrected chi connectivity index (χ1v) is 9.92. The molecule has 4 N–H and O–H groups in total. The highest BCUT2D eigenvalue weighted by Gasteiger charge is 2.17. The molecule has 0 amide bonds. The normalized spacial score (nSPS) is 14.3. The number of pyridine rings is 1. The molecule has 4 rings (SSSR count). The van der Waals surface area contributed by atoms with Gasteiger partial charge in [-0.05, 0) is 56.5 Å². The fourth-order valence-corrected chi connectivity index (χ4v) is 3.90. The van der Waals surface area contributed by atoms with Crippen molar-refractivity contribution >= 4 is 40.9 Å². The Kier molecular flexibility index (Phi) is 6.79. The molecule has 0 radical (unpaired) electrons. The number of nitrogens with zero attached hydrogens (tertiary/aromatic N) is 3. The molecule has 1 aliphatic heterocycles. The van der Waals surface area contributed by atoms with Crippen LogP contribution < -0.4 is 26.5 Å². The number of fused-ring (bicyclic) bond motifs is 1. The second-order valence-corrected chi connectivity index (χ2v) is 7.22. The molecule has 30 heavy (non-hydrogen) atoms. The van der Waals surface area contributed by atoms with Gasteiger partial charge < -0.3 is 25.7 Å². The molecule has 0 saturated carbocycles. The highest BCUT2D eigenvalue weighted by Crippen LogP contribution is 2.33. The minimum absolute atomic E-state index is 0. The van der Waals surface area contributed by atoms with Crippen LogP contribution in [0.4, 0.5) is 17.5 Å². The van der Waals surface area contributed by atoms with E-state index in [2.05, 4.69) is 32.7 Å². The minimum atomic E-state index is -0.183. The van der Waals surface area contributed by atoms with Crippen LogP contribution in [0.15, 0.2) is 35.3 Å². The van der Waals surface area contributed by atoms with E-state index in [0.29, 0.717) is 35.3 Å². The number of nitrogens with one attached hydrogen (secondary N) is 2. The molecule has 3 heterocycles. The lowest BCUT2D eigenvalue weighted by Crippen LogP contribution is -2.26. The number of halogens is 1. The van der Waals surface area contributed by atoms with E-state index < -0.39 is 0 Å². The summed E-state index contributed by atoms with van der Waals surface area (Å²) >= 11 is 0. The summed E-state index contributed by atoms with van der Waals surface area (Å²) in [7, 11) is 1.66. The number of anilines is 3. The maximum Gasteiger partial charge on any atom is 0.229 e. The van der Waals surface area contributed by atoms with E-state index in [1.54, 1.807) is 11.7 Å². The Morgan fingerprint density at radius 1 is 1.30 bits per heavy atom. The van der Waals surface area contributed by atoms with Gasteiger partial charge >= 0.3 is 0 Å². The SMILES string of the molecule is CCn1c(N)cc(=O)c2cnc(Nc3ccc(C4CCNCC4)cc3OC)nc21.Cl. The van der Waals surface area contributed by atoms with Crippen molar-refractivity contribution in [2.24, 2.45) is 0 Å². The minimum Gasteiger partial charge on any atom is -0.495 e. The summed E-state index contributed by atoms with van der Waals surface area (Å²) in [5.41, 5.74) is 8.38. The van der Waals surface area contributed by atoms with Crippen LogP contribution in [0.1, 0.15) is 31.2 Å². The average Bonchev–Trinajstić information content (AvgIpc) is 2.75. The smallest absolute Gasteiger partial charge is 0.229 e. The molecule has 1 fully saturated rings. The molecule has 160 valence electrons. The van der Waals surface area contributed by atoms with Crippen LogP contribution >= 0.6 is 12.4 Å². The molecule has 1 aromatic carbocycles. The largest absolute Gasteiger partial charge is 0.495 e. The van der Waals surface area contributed by atoms with Gasteiger partial charge in [0.2, 0.25) is 5.95 Å². The van der Waals surface area contributed by atoms with E-state index in [0.717, 1.165) is 37.4 Å². The van der Waals surface area contributed by atoms with E-state index in [9.17, 15) is 4.79 Å². The lowest BCUT2D eigenvalue weighted by atomic mass is 9.90. The summed E-state index contributed by atoms with van der Waals surface area (Å²) in [6.45, 7) is 4.64. The lowest BCUT2D eigenvalue weighted by molar-refractivity contribution is 0.413. The maximum atomic E-state index is 12.2. The highest BCUT2D eigenvalue weighted by atomic mass is 35.5. The lowest BCUT2D eigenvalue weighted by Gasteiger charge is -2.24. The van der Waals surface area contributed by atoms with Crippen molar-refractivity contribution in [1.82, 2.24) is 19.9 Å². The molecule has 1 saturated heterocycles. The van der Waals surface area contributed by atoms with Gasteiger partial charge in [0.1, 0.15) is 11.6 Å². The quantitative estimate of drug-likeness (QED) is 0.571.